The van der Waals surface area contributed by atoms with Crippen LogP contribution in [-0.4, -0.2) is 100 Å². The van der Waals surface area contributed by atoms with Gasteiger partial charge in [0.05, 0.1) is 41.8 Å². The molecule has 388 valence electrons. The molecule has 3 unspecified atom stereocenters. The van der Waals surface area contributed by atoms with E-state index in [4.69, 9.17) is 20.4 Å². The summed E-state index contributed by atoms with van der Waals surface area (Å²) in [6.45, 7) is 53.6. The lowest BCUT2D eigenvalue weighted by Crippen LogP contribution is -2.59. The van der Waals surface area contributed by atoms with Crippen LogP contribution in [0.3, 0.4) is 0 Å². The number of nitrogens with zero attached hydrogens (tertiary/aromatic N) is 7. The number of fused-ring (bicyclic) bond motifs is 1. The number of hydrogen-bond donors (Lipinski definition) is 2. The molecule has 0 saturated carbocycles. The van der Waals surface area contributed by atoms with Crippen molar-refractivity contribution in [2.24, 2.45) is 22.1 Å². The molecule has 0 spiro atoms. The highest BCUT2D eigenvalue weighted by Gasteiger charge is 2.33. The molecule has 2 aliphatic heterocycles. The summed E-state index contributed by atoms with van der Waals surface area (Å²) in [4.78, 5) is 16.8. The summed E-state index contributed by atoms with van der Waals surface area (Å²) in [5.41, 5.74) is 20.7. The Balaban J connectivity index is 0.000000579. The normalized spacial score (nSPS) is 16.1. The quantitative estimate of drug-likeness (QED) is 0.0585. The predicted octanol–water partition coefficient (Wildman–Crippen LogP) is 13.6. The van der Waals surface area contributed by atoms with Crippen molar-refractivity contribution in [1.29, 1.82) is 0 Å². The maximum absolute atomic E-state index is 5.91. The topological polar surface area (TPSA) is 90.4 Å². The van der Waals surface area contributed by atoms with E-state index in [-0.39, 0.29) is 11.5 Å². The Morgan fingerprint density at radius 3 is 2.21 bits per heavy atom. The van der Waals surface area contributed by atoms with Crippen molar-refractivity contribution in [2.45, 2.75) is 152 Å². The zero-order valence-electron chi connectivity index (χ0n) is 46.8. The number of likely N-dealkylation sites (N-methyl/N-ethyl adjacent to an activating group) is 2. The molecule has 10 heteroatoms. The largest absolute Gasteiger partial charge is 0.501 e. The number of nitrogens with two attached hydrogens (primary N) is 1. The van der Waals surface area contributed by atoms with Gasteiger partial charge in [0.25, 0.3) is 0 Å². The molecular formula is C60H97N9O. The molecule has 1 aromatic carbocycles. The summed E-state index contributed by atoms with van der Waals surface area (Å²) in [6.07, 6.45) is 15.0. The highest BCUT2D eigenvalue weighted by Crippen LogP contribution is 2.41. The first-order chi connectivity index (χ1) is 33.2. The average molecular weight is 960 g/mol. The fourth-order valence-electron chi connectivity index (χ4n) is 9.13. The van der Waals surface area contributed by atoms with Gasteiger partial charge in [0, 0.05) is 96.1 Å². The molecule has 0 bridgehead atoms. The van der Waals surface area contributed by atoms with Crippen LogP contribution < -0.4 is 11.2 Å². The average Bonchev–Trinajstić information content (AvgIpc) is 3.62. The number of allylic oxidation sites excluding steroid dienone is 4. The number of likely N-dealkylation sites (tertiary alicyclic amines) is 1. The fraction of sp³-hybridized carbons (Fsp3) is 0.533. The van der Waals surface area contributed by atoms with Gasteiger partial charge in [0.1, 0.15) is 0 Å². The summed E-state index contributed by atoms with van der Waals surface area (Å²) in [7, 11) is 6.29. The lowest BCUT2D eigenvalue weighted by Gasteiger charge is -2.49. The maximum Gasteiger partial charge on any atom is 0.0969 e. The minimum atomic E-state index is -0.105. The van der Waals surface area contributed by atoms with Gasteiger partial charge in [-0.05, 0) is 122 Å². The SMILES string of the molecule is C=C(N)C(C(C)C)N(C)C(=C)N1CC(N(C)C)C1.C=CC=C.C=COCC(C)(C)Cc1c(-c2cccnc2C(C)CC)n(CC)c2ccc(/C(=C/C)N=C(C)CCC(=C)N3CCCC(C)N3)cc12.CC. The molecule has 0 radical (unpaired) electrons. The number of rotatable bonds is 22. The van der Waals surface area contributed by atoms with Crippen molar-refractivity contribution in [1.82, 2.24) is 34.7 Å². The highest BCUT2D eigenvalue weighted by molar-refractivity contribution is 5.95. The number of aliphatic imine (C=N–C) groups is 1. The van der Waals surface area contributed by atoms with E-state index in [1.54, 1.807) is 18.4 Å². The number of nitrogens with one attached hydrogen (secondary N) is 1. The minimum absolute atomic E-state index is 0.105. The Morgan fingerprint density at radius 1 is 1.03 bits per heavy atom. The number of aryl methyl sites for hydroxylation is 1. The maximum atomic E-state index is 5.91. The molecule has 2 fully saturated rings. The van der Waals surface area contributed by atoms with Crippen molar-refractivity contribution in [2.75, 3.05) is 47.4 Å². The molecule has 10 nitrogen and oxygen atoms in total. The number of hydrogen-bond acceptors (Lipinski definition) is 9. The van der Waals surface area contributed by atoms with E-state index in [1.165, 1.54) is 40.6 Å². The molecule has 4 heterocycles. The van der Waals surface area contributed by atoms with Crippen molar-refractivity contribution < 1.29 is 4.74 Å². The molecule has 3 aromatic rings. The van der Waals surface area contributed by atoms with E-state index in [0.717, 1.165) is 86.0 Å². The van der Waals surface area contributed by atoms with Crippen LogP contribution in [0, 0.1) is 11.3 Å². The molecule has 0 aliphatic carbocycles. The number of hydrazine groups is 1. The summed E-state index contributed by atoms with van der Waals surface area (Å²) >= 11 is 0. The molecular weight excluding hydrogens is 863 g/mol. The number of benzene rings is 1. The van der Waals surface area contributed by atoms with Crippen LogP contribution in [0.4, 0.5) is 0 Å². The van der Waals surface area contributed by atoms with E-state index in [1.807, 2.05) is 27.1 Å². The standard InChI is InChI=1S/C40H57N5O.C14H28N4.C4H6.C2H6/c1-11-28(5)38-33(18-15-23-41-38)39-35(26-40(9,10)27-46-14-4)34-25-32(21-22-37(34)44(39)13-3)36(12-2)42-29(6)19-20-31(8)45-24-16-17-30(7)43-45;1-10(2)14(11(3)15)17(7)12(4)18-8-13(9-18)16(5)6;1-3-4-2;1-2/h12,14-15,18,21-23,25,28,30,43H,4,8,11,13,16-17,19-20,24,26-27H2,1-3,5-7,9-10H3;10,13-14H,3-4,8-9,15H2,1-2,5-7H3;3-4H,1-2H2;1-2H3/b36-12-,42-29?;;;. The molecule has 2 aliphatic rings. The summed E-state index contributed by atoms with van der Waals surface area (Å²) < 4.78 is 8.23. The van der Waals surface area contributed by atoms with Crippen LogP contribution in [0.5, 0.6) is 0 Å². The number of aromatic nitrogens is 2. The van der Waals surface area contributed by atoms with Crippen molar-refractivity contribution in [3.05, 3.63) is 135 Å². The predicted molar refractivity (Wildman–Crippen MR) is 307 cm³/mol. The monoisotopic (exact) mass is 960 g/mol. The van der Waals surface area contributed by atoms with E-state index < -0.39 is 0 Å². The Labute approximate surface area is 427 Å². The van der Waals surface area contributed by atoms with Crippen molar-refractivity contribution in [3.63, 3.8) is 0 Å². The van der Waals surface area contributed by atoms with E-state index in [9.17, 15) is 0 Å². The first-order valence-electron chi connectivity index (χ1n) is 26.0. The second-order valence-corrected chi connectivity index (χ2v) is 20.1. The second-order valence-electron chi connectivity index (χ2n) is 20.1. The third-order valence-electron chi connectivity index (χ3n) is 13.3. The minimum Gasteiger partial charge on any atom is -0.501 e. The van der Waals surface area contributed by atoms with Crippen LogP contribution >= 0.6 is 0 Å². The van der Waals surface area contributed by atoms with Gasteiger partial charge in [-0.2, -0.15) is 0 Å². The fourth-order valence-corrected chi connectivity index (χ4v) is 9.13. The van der Waals surface area contributed by atoms with Crippen LogP contribution in [0.2, 0.25) is 0 Å². The van der Waals surface area contributed by atoms with E-state index in [0.29, 0.717) is 36.2 Å². The lowest BCUT2D eigenvalue weighted by molar-refractivity contribution is 0.0568. The zero-order valence-corrected chi connectivity index (χ0v) is 46.8. The summed E-state index contributed by atoms with van der Waals surface area (Å²) in [5.74, 6) is 1.82. The molecule has 70 heavy (non-hydrogen) atoms. The molecule has 3 atom stereocenters. The van der Waals surface area contributed by atoms with Crippen molar-refractivity contribution in [3.8, 4) is 11.3 Å². The molecule has 2 saturated heterocycles. The zero-order chi connectivity index (χ0) is 52.9. The third-order valence-corrected chi connectivity index (χ3v) is 13.3. The van der Waals surface area contributed by atoms with Gasteiger partial charge < -0.3 is 34.7 Å². The van der Waals surface area contributed by atoms with Gasteiger partial charge in [-0.1, -0.05) is 119 Å². The second kappa shape index (κ2) is 29.8. The molecule has 3 N–H and O–H groups in total. The van der Waals surface area contributed by atoms with Gasteiger partial charge in [-0.15, -0.1) is 0 Å². The van der Waals surface area contributed by atoms with Gasteiger partial charge in [0.2, 0.25) is 0 Å². The van der Waals surface area contributed by atoms with Crippen LogP contribution in [-0.2, 0) is 17.7 Å². The third kappa shape index (κ3) is 16.9. The lowest BCUT2D eigenvalue weighted by atomic mass is 9.84. The Bertz CT molecular complexity index is 2210. The van der Waals surface area contributed by atoms with Crippen LogP contribution in [0.1, 0.15) is 138 Å². The van der Waals surface area contributed by atoms with E-state index >= 15 is 0 Å². The van der Waals surface area contributed by atoms with Crippen molar-refractivity contribution >= 4 is 22.3 Å². The van der Waals surface area contributed by atoms with Gasteiger partial charge >= 0.3 is 0 Å². The van der Waals surface area contributed by atoms with Crippen LogP contribution in [0.25, 0.3) is 27.9 Å². The molecule has 2 aromatic heterocycles. The first-order valence-corrected chi connectivity index (χ1v) is 26.0. The number of pyridine rings is 1. The smallest absolute Gasteiger partial charge is 0.0969 e. The molecule has 0 amide bonds. The number of ether oxygens (including phenoxy) is 1. The summed E-state index contributed by atoms with van der Waals surface area (Å²) in [5, 5.41) is 3.51. The highest BCUT2D eigenvalue weighted by atomic mass is 16.5. The van der Waals surface area contributed by atoms with Gasteiger partial charge in [-0.3, -0.25) is 9.98 Å². The van der Waals surface area contributed by atoms with Crippen LogP contribution in [0.15, 0.2) is 123 Å². The Morgan fingerprint density at radius 2 is 1.69 bits per heavy atom. The first kappa shape index (κ1) is 60.8. The van der Waals surface area contributed by atoms with Gasteiger partial charge in [0.15, 0.2) is 0 Å². The van der Waals surface area contributed by atoms with Gasteiger partial charge in [-0.25, -0.2) is 5.43 Å². The molecule has 5 rings (SSSR count). The Hall–Kier alpha value is -5.32. The summed E-state index contributed by atoms with van der Waals surface area (Å²) in [6, 6.07) is 12.5. The Kier molecular flexibility index (Phi) is 25.9. The van der Waals surface area contributed by atoms with E-state index in [2.05, 4.69) is 189 Å².